The van der Waals surface area contributed by atoms with Crippen molar-refractivity contribution < 1.29 is 34.6 Å². The minimum atomic E-state index is -1.06. The van der Waals surface area contributed by atoms with E-state index >= 15 is 0 Å². The molecule has 9 nitrogen and oxygen atoms in total. The lowest BCUT2D eigenvalue weighted by molar-refractivity contribution is -0.265. The van der Waals surface area contributed by atoms with Crippen LogP contribution >= 0.6 is 0 Å². The topological polar surface area (TPSA) is 138 Å². The Balaban J connectivity index is 1.87. The van der Waals surface area contributed by atoms with Gasteiger partial charge in [0.1, 0.15) is 18.2 Å². The highest BCUT2D eigenvalue weighted by atomic mass is 16.7. The normalized spacial score (nSPS) is 44.5. The van der Waals surface area contributed by atoms with Crippen molar-refractivity contribution in [1.29, 1.82) is 0 Å². The molecule has 2 heterocycles. The molecule has 7 atom stereocenters. The molecule has 0 amide bonds. The fourth-order valence-electron chi connectivity index (χ4n) is 2.61. The van der Waals surface area contributed by atoms with E-state index in [9.17, 15) is 15.1 Å². The van der Waals surface area contributed by atoms with Crippen molar-refractivity contribution in [2.75, 3.05) is 19.8 Å². The third-order valence-electron chi connectivity index (χ3n) is 3.79. The molecule has 0 aromatic heterocycles. The van der Waals surface area contributed by atoms with Gasteiger partial charge in [0.05, 0.1) is 38.1 Å². The van der Waals surface area contributed by atoms with E-state index in [1.165, 1.54) is 0 Å². The summed E-state index contributed by atoms with van der Waals surface area (Å²) in [5.41, 5.74) is 0. The number of aliphatic hydroxyl groups excluding tert-OH is 4. The number of aliphatic hydroxyl groups is 4. The van der Waals surface area contributed by atoms with E-state index < -0.39 is 49.5 Å². The summed E-state index contributed by atoms with van der Waals surface area (Å²) in [6.45, 7) is -0.549. The van der Waals surface area contributed by atoms with Gasteiger partial charge in [0, 0.05) is 12.8 Å². The van der Waals surface area contributed by atoms with E-state index in [0.717, 1.165) is 0 Å². The van der Waals surface area contributed by atoms with Gasteiger partial charge in [-0.3, -0.25) is 0 Å². The highest BCUT2D eigenvalue weighted by Crippen LogP contribution is 2.26. The molecular formula is C12H21NO8. The molecule has 0 aromatic carbocycles. The maximum atomic E-state index is 10.6. The lowest BCUT2D eigenvalue weighted by atomic mass is 9.99. The van der Waals surface area contributed by atoms with Gasteiger partial charge in [-0.1, -0.05) is 5.18 Å². The molecule has 122 valence electrons. The number of hydrogen-bond donors (Lipinski definition) is 4. The van der Waals surface area contributed by atoms with Crippen molar-refractivity contribution >= 4 is 0 Å². The first-order chi connectivity index (χ1) is 10.1. The molecule has 0 bridgehead atoms. The Morgan fingerprint density at radius 1 is 1.10 bits per heavy atom. The molecule has 2 fully saturated rings. The third-order valence-corrected chi connectivity index (χ3v) is 3.79. The molecule has 21 heavy (non-hydrogen) atoms. The van der Waals surface area contributed by atoms with E-state index in [4.69, 9.17) is 24.4 Å². The predicted octanol–water partition coefficient (Wildman–Crippen LogP) is -1.88. The zero-order valence-corrected chi connectivity index (χ0v) is 11.4. The SMILES string of the molecule is O=N[C@H]1[C@H](CO)O[C@H](O[C@H]2CO[C@H](CO)[C@@H](O)C2)C[C@@H]1O. The van der Waals surface area contributed by atoms with Crippen LogP contribution in [-0.4, -0.2) is 83.1 Å². The fraction of sp³-hybridized carbons (Fsp3) is 1.00. The van der Waals surface area contributed by atoms with Crippen LogP contribution in [0.1, 0.15) is 12.8 Å². The molecule has 2 aliphatic heterocycles. The molecule has 2 aliphatic rings. The van der Waals surface area contributed by atoms with Crippen LogP contribution in [0.5, 0.6) is 0 Å². The van der Waals surface area contributed by atoms with Crippen LogP contribution in [0.3, 0.4) is 0 Å². The molecule has 0 spiro atoms. The van der Waals surface area contributed by atoms with Gasteiger partial charge in [-0.15, -0.1) is 0 Å². The van der Waals surface area contributed by atoms with E-state index in [1.807, 2.05) is 0 Å². The summed E-state index contributed by atoms with van der Waals surface area (Å²) in [6.07, 6.45) is -4.42. The van der Waals surface area contributed by atoms with Crippen molar-refractivity contribution in [2.45, 2.75) is 55.7 Å². The standard InChI is InChI=1S/C12H21NO8/c14-3-9-7(16)1-6(5-19-9)20-11-2-8(17)12(13-18)10(4-15)21-11/h6-12,14-17H,1-5H2/t6-,7+,8+,9-,10+,11+,12-/m1/s1. The highest BCUT2D eigenvalue weighted by molar-refractivity contribution is 4.89. The first-order valence-corrected chi connectivity index (χ1v) is 6.91. The summed E-state index contributed by atoms with van der Waals surface area (Å²) in [4.78, 5) is 10.6. The molecule has 0 radical (unpaired) electrons. The number of hydrogen-bond acceptors (Lipinski definition) is 9. The molecule has 4 N–H and O–H groups in total. The molecule has 2 rings (SSSR count). The van der Waals surface area contributed by atoms with Gasteiger partial charge in [0.2, 0.25) is 0 Å². The van der Waals surface area contributed by atoms with Gasteiger partial charge in [0.25, 0.3) is 0 Å². The Morgan fingerprint density at radius 2 is 1.81 bits per heavy atom. The van der Waals surface area contributed by atoms with Gasteiger partial charge < -0.3 is 34.6 Å². The second-order valence-electron chi connectivity index (χ2n) is 5.30. The highest BCUT2D eigenvalue weighted by Gasteiger charge is 2.41. The van der Waals surface area contributed by atoms with E-state index in [1.54, 1.807) is 0 Å². The average Bonchev–Trinajstić information content (AvgIpc) is 2.46. The zero-order valence-electron chi connectivity index (χ0n) is 11.4. The first-order valence-electron chi connectivity index (χ1n) is 6.91. The van der Waals surface area contributed by atoms with Crippen molar-refractivity contribution in [3.8, 4) is 0 Å². The van der Waals surface area contributed by atoms with Crippen LogP contribution in [0, 0.1) is 4.91 Å². The molecular weight excluding hydrogens is 286 g/mol. The van der Waals surface area contributed by atoms with Crippen LogP contribution in [0.2, 0.25) is 0 Å². The summed E-state index contributed by atoms with van der Waals surface area (Å²) in [6, 6.07) is -1.03. The van der Waals surface area contributed by atoms with Crippen LogP contribution in [0.25, 0.3) is 0 Å². The molecule has 0 aromatic rings. The minimum absolute atomic E-state index is 0.0446. The third kappa shape index (κ3) is 3.95. The van der Waals surface area contributed by atoms with Crippen LogP contribution in [-0.2, 0) is 14.2 Å². The second kappa shape index (κ2) is 7.54. The van der Waals surface area contributed by atoms with Crippen LogP contribution < -0.4 is 0 Å². The van der Waals surface area contributed by atoms with E-state index in [2.05, 4.69) is 5.18 Å². The zero-order chi connectivity index (χ0) is 15.4. The quantitative estimate of drug-likeness (QED) is 0.433. The smallest absolute Gasteiger partial charge is 0.161 e. The summed E-state index contributed by atoms with van der Waals surface area (Å²) < 4.78 is 16.2. The largest absolute Gasteiger partial charge is 0.394 e. The van der Waals surface area contributed by atoms with E-state index in [0.29, 0.717) is 0 Å². The minimum Gasteiger partial charge on any atom is -0.394 e. The maximum Gasteiger partial charge on any atom is 0.161 e. The van der Waals surface area contributed by atoms with Gasteiger partial charge >= 0.3 is 0 Å². The number of rotatable bonds is 5. The molecule has 0 aliphatic carbocycles. The second-order valence-corrected chi connectivity index (χ2v) is 5.30. The van der Waals surface area contributed by atoms with Gasteiger partial charge in [-0.25, -0.2) is 0 Å². The Morgan fingerprint density at radius 3 is 2.38 bits per heavy atom. The van der Waals surface area contributed by atoms with Crippen molar-refractivity contribution in [3.05, 3.63) is 4.91 Å². The van der Waals surface area contributed by atoms with Crippen LogP contribution in [0.4, 0.5) is 0 Å². The maximum absolute atomic E-state index is 10.6. The fourth-order valence-corrected chi connectivity index (χ4v) is 2.61. The van der Waals surface area contributed by atoms with Gasteiger partial charge in [-0.05, 0) is 0 Å². The van der Waals surface area contributed by atoms with Gasteiger partial charge in [-0.2, -0.15) is 4.91 Å². The van der Waals surface area contributed by atoms with E-state index in [-0.39, 0.29) is 26.1 Å². The summed E-state index contributed by atoms with van der Waals surface area (Å²) in [5.74, 6) is 0. The first kappa shape index (κ1) is 16.7. The Labute approximate surface area is 121 Å². The lowest BCUT2D eigenvalue weighted by Crippen LogP contribution is -2.52. The average molecular weight is 307 g/mol. The van der Waals surface area contributed by atoms with Crippen molar-refractivity contribution in [2.24, 2.45) is 5.18 Å². The monoisotopic (exact) mass is 307 g/mol. The van der Waals surface area contributed by atoms with Gasteiger partial charge in [0.15, 0.2) is 6.29 Å². The summed E-state index contributed by atoms with van der Waals surface area (Å²) in [5, 5.41) is 40.5. The summed E-state index contributed by atoms with van der Waals surface area (Å²) >= 11 is 0. The van der Waals surface area contributed by atoms with Crippen LogP contribution in [0.15, 0.2) is 5.18 Å². The van der Waals surface area contributed by atoms with Crippen molar-refractivity contribution in [3.63, 3.8) is 0 Å². The molecule has 9 heteroatoms. The number of nitroso groups, excluding NO2 is 1. The predicted molar refractivity (Wildman–Crippen MR) is 68.3 cm³/mol. The Kier molecular flexibility index (Phi) is 5.99. The summed E-state index contributed by atoms with van der Waals surface area (Å²) in [7, 11) is 0. The lowest BCUT2D eigenvalue weighted by Gasteiger charge is -2.39. The Hall–Kier alpha value is -0.680. The number of ether oxygens (including phenoxy) is 3. The number of nitrogens with zero attached hydrogens (tertiary/aromatic N) is 1. The molecule has 0 unspecified atom stereocenters. The molecule has 0 saturated carbocycles. The Bertz CT molecular complexity index is 343. The molecule has 2 saturated heterocycles. The van der Waals surface area contributed by atoms with Crippen molar-refractivity contribution in [1.82, 2.24) is 0 Å².